The summed E-state index contributed by atoms with van der Waals surface area (Å²) >= 11 is 5.88. The highest BCUT2D eigenvalue weighted by atomic mass is 35.5. The summed E-state index contributed by atoms with van der Waals surface area (Å²) in [6.45, 7) is 0. The molecule has 1 aliphatic rings. The first kappa shape index (κ1) is 19.7. The Bertz CT molecular complexity index is 1180. The number of ketones is 1. The predicted octanol–water partition coefficient (Wildman–Crippen LogP) is 4.64. The van der Waals surface area contributed by atoms with E-state index in [1.54, 1.807) is 12.1 Å². The molecule has 1 atom stereocenters. The van der Waals surface area contributed by atoms with Crippen LogP contribution in [0.4, 0.5) is 14.5 Å². The van der Waals surface area contributed by atoms with E-state index in [1.165, 1.54) is 42.7 Å². The van der Waals surface area contributed by atoms with Crippen molar-refractivity contribution in [2.75, 3.05) is 4.90 Å². The first-order valence-electron chi connectivity index (χ1n) is 8.80. The number of pyridine rings is 1. The van der Waals surface area contributed by atoms with Crippen LogP contribution in [0.25, 0.3) is 5.76 Å². The van der Waals surface area contributed by atoms with Crippen molar-refractivity contribution in [3.63, 3.8) is 0 Å². The smallest absolute Gasteiger partial charge is 0.300 e. The molecule has 3 aromatic rings. The molecule has 150 valence electrons. The Morgan fingerprint density at radius 2 is 1.77 bits per heavy atom. The first-order chi connectivity index (χ1) is 14.4. The molecular formula is C22H13ClF2N2O3. The second-order valence-corrected chi connectivity index (χ2v) is 7.00. The van der Waals surface area contributed by atoms with E-state index in [9.17, 15) is 23.5 Å². The number of aliphatic hydroxyl groups is 1. The van der Waals surface area contributed by atoms with Crippen molar-refractivity contribution < 1.29 is 23.5 Å². The van der Waals surface area contributed by atoms with Crippen LogP contribution in [-0.4, -0.2) is 21.8 Å². The number of rotatable bonds is 3. The lowest BCUT2D eigenvalue weighted by Gasteiger charge is -2.25. The van der Waals surface area contributed by atoms with Gasteiger partial charge < -0.3 is 5.11 Å². The molecule has 4 rings (SSSR count). The Kier molecular flexibility index (Phi) is 5.05. The SMILES string of the molecule is O=C1C(=O)N(c2ccc(F)c(F)c2)C(c2cccnc2)/C1=C(\O)c1ccc(Cl)cc1. The Hall–Kier alpha value is -3.58. The normalized spacial score (nSPS) is 18.1. The van der Waals surface area contributed by atoms with Crippen LogP contribution in [-0.2, 0) is 9.59 Å². The molecule has 8 heteroatoms. The molecule has 1 unspecified atom stereocenters. The third kappa shape index (κ3) is 3.33. The number of aliphatic hydroxyl groups excluding tert-OH is 1. The summed E-state index contributed by atoms with van der Waals surface area (Å²) in [5, 5.41) is 11.3. The van der Waals surface area contributed by atoms with E-state index in [0.717, 1.165) is 17.0 Å². The zero-order chi connectivity index (χ0) is 21.4. The van der Waals surface area contributed by atoms with Crippen LogP contribution in [0.3, 0.4) is 0 Å². The highest BCUT2D eigenvalue weighted by molar-refractivity contribution is 6.51. The van der Waals surface area contributed by atoms with E-state index >= 15 is 0 Å². The third-order valence-electron chi connectivity index (χ3n) is 4.74. The predicted molar refractivity (Wildman–Crippen MR) is 107 cm³/mol. The lowest BCUT2D eigenvalue weighted by atomic mass is 9.96. The molecule has 0 spiro atoms. The number of carbonyl (C=O) groups is 2. The third-order valence-corrected chi connectivity index (χ3v) is 5.00. The molecule has 1 N–H and O–H groups in total. The number of halogens is 3. The largest absolute Gasteiger partial charge is 0.507 e. The fourth-order valence-corrected chi connectivity index (χ4v) is 3.48. The Morgan fingerprint density at radius 1 is 1.03 bits per heavy atom. The van der Waals surface area contributed by atoms with Gasteiger partial charge >= 0.3 is 0 Å². The minimum absolute atomic E-state index is 0.0278. The summed E-state index contributed by atoms with van der Waals surface area (Å²) in [5.74, 6) is -4.61. The van der Waals surface area contributed by atoms with E-state index in [-0.39, 0.29) is 16.8 Å². The Labute approximate surface area is 174 Å². The van der Waals surface area contributed by atoms with Gasteiger partial charge in [-0.05, 0) is 48.0 Å². The van der Waals surface area contributed by atoms with Gasteiger partial charge in [0.25, 0.3) is 11.7 Å². The van der Waals surface area contributed by atoms with Crippen LogP contribution in [0.15, 0.2) is 72.6 Å². The minimum Gasteiger partial charge on any atom is -0.507 e. The number of hydrogen-bond acceptors (Lipinski definition) is 4. The second-order valence-electron chi connectivity index (χ2n) is 6.56. The van der Waals surface area contributed by atoms with Crippen molar-refractivity contribution in [2.24, 2.45) is 0 Å². The topological polar surface area (TPSA) is 70.5 Å². The highest BCUT2D eigenvalue weighted by Gasteiger charge is 2.47. The molecule has 2 heterocycles. The molecule has 30 heavy (non-hydrogen) atoms. The molecule has 0 saturated carbocycles. The fourth-order valence-electron chi connectivity index (χ4n) is 3.35. The zero-order valence-corrected chi connectivity index (χ0v) is 16.0. The second kappa shape index (κ2) is 7.68. The molecule has 1 amide bonds. The quantitative estimate of drug-likeness (QED) is 0.376. The van der Waals surface area contributed by atoms with Gasteiger partial charge in [0.2, 0.25) is 0 Å². The van der Waals surface area contributed by atoms with Gasteiger partial charge in [0.15, 0.2) is 11.6 Å². The van der Waals surface area contributed by atoms with Gasteiger partial charge in [-0.2, -0.15) is 0 Å². The van der Waals surface area contributed by atoms with Gasteiger partial charge in [-0.25, -0.2) is 8.78 Å². The van der Waals surface area contributed by atoms with Gasteiger partial charge in [-0.1, -0.05) is 17.7 Å². The molecule has 0 bridgehead atoms. The summed E-state index contributed by atoms with van der Waals surface area (Å²) in [7, 11) is 0. The molecule has 1 fully saturated rings. The zero-order valence-electron chi connectivity index (χ0n) is 15.2. The van der Waals surface area contributed by atoms with E-state index in [2.05, 4.69) is 4.98 Å². The van der Waals surface area contributed by atoms with Crippen molar-refractivity contribution in [2.45, 2.75) is 6.04 Å². The van der Waals surface area contributed by atoms with Crippen LogP contribution in [0.1, 0.15) is 17.2 Å². The lowest BCUT2D eigenvalue weighted by Crippen LogP contribution is -2.29. The standard InChI is InChI=1S/C22H13ClF2N2O3/c23-14-5-3-12(4-6-14)20(28)18-19(13-2-1-9-26-11-13)27(22(30)21(18)29)15-7-8-16(24)17(25)10-15/h1-11,19,28H/b20-18+. The Balaban J connectivity index is 1.94. The van der Waals surface area contributed by atoms with Gasteiger partial charge in [-0.3, -0.25) is 19.5 Å². The maximum absolute atomic E-state index is 13.9. The van der Waals surface area contributed by atoms with E-state index in [0.29, 0.717) is 10.6 Å². The summed E-state index contributed by atoms with van der Waals surface area (Å²) < 4.78 is 27.3. The maximum atomic E-state index is 13.9. The number of Topliss-reactive ketones (excluding diaryl/α,β-unsaturated/α-hetero) is 1. The van der Waals surface area contributed by atoms with Crippen LogP contribution in [0.2, 0.25) is 5.02 Å². The number of nitrogens with zero attached hydrogens (tertiary/aromatic N) is 2. The monoisotopic (exact) mass is 426 g/mol. The van der Waals surface area contributed by atoms with Gasteiger partial charge in [0.05, 0.1) is 11.6 Å². The molecule has 5 nitrogen and oxygen atoms in total. The average Bonchev–Trinajstić information content (AvgIpc) is 3.01. The van der Waals surface area contributed by atoms with Crippen molar-refractivity contribution in [1.82, 2.24) is 4.98 Å². The van der Waals surface area contributed by atoms with E-state index in [1.807, 2.05) is 0 Å². The van der Waals surface area contributed by atoms with Crippen molar-refractivity contribution in [3.8, 4) is 0 Å². The Morgan fingerprint density at radius 3 is 2.40 bits per heavy atom. The highest BCUT2D eigenvalue weighted by Crippen LogP contribution is 2.42. The number of amides is 1. The van der Waals surface area contributed by atoms with Crippen LogP contribution in [0.5, 0.6) is 0 Å². The average molecular weight is 427 g/mol. The maximum Gasteiger partial charge on any atom is 0.300 e. The van der Waals surface area contributed by atoms with Crippen LogP contribution < -0.4 is 4.90 Å². The molecule has 1 aliphatic heterocycles. The fraction of sp³-hybridized carbons (Fsp3) is 0.0455. The number of anilines is 1. The van der Waals surface area contributed by atoms with Crippen molar-refractivity contribution in [3.05, 3.63) is 100 Å². The number of carbonyl (C=O) groups excluding carboxylic acids is 2. The van der Waals surface area contributed by atoms with E-state index < -0.39 is 35.1 Å². The molecule has 1 saturated heterocycles. The summed E-state index contributed by atoms with van der Waals surface area (Å²) in [5.41, 5.74) is 0.466. The first-order valence-corrected chi connectivity index (χ1v) is 9.18. The number of benzene rings is 2. The van der Waals surface area contributed by atoms with Gasteiger partial charge in [0, 0.05) is 34.7 Å². The van der Waals surface area contributed by atoms with Crippen LogP contribution >= 0.6 is 11.6 Å². The summed E-state index contributed by atoms with van der Waals surface area (Å²) in [6, 6.07) is 11.1. The number of aromatic nitrogens is 1. The van der Waals surface area contributed by atoms with Gasteiger partial charge in [-0.15, -0.1) is 0 Å². The van der Waals surface area contributed by atoms with E-state index in [4.69, 9.17) is 11.6 Å². The molecule has 2 aromatic carbocycles. The number of hydrogen-bond donors (Lipinski definition) is 1. The minimum atomic E-state index is -1.17. The van der Waals surface area contributed by atoms with Crippen molar-refractivity contribution in [1.29, 1.82) is 0 Å². The molecular weight excluding hydrogens is 414 g/mol. The molecule has 0 aliphatic carbocycles. The molecule has 0 radical (unpaired) electrons. The summed E-state index contributed by atoms with van der Waals surface area (Å²) in [4.78, 5) is 30.8. The van der Waals surface area contributed by atoms with Gasteiger partial charge in [0.1, 0.15) is 5.76 Å². The lowest BCUT2D eigenvalue weighted by molar-refractivity contribution is -0.132. The van der Waals surface area contributed by atoms with Crippen molar-refractivity contribution >= 4 is 34.7 Å². The van der Waals surface area contributed by atoms with Crippen LogP contribution in [0, 0.1) is 11.6 Å². The molecule has 1 aromatic heterocycles. The summed E-state index contributed by atoms with van der Waals surface area (Å²) in [6.07, 6.45) is 2.94.